The van der Waals surface area contributed by atoms with E-state index >= 15 is 0 Å². The van der Waals surface area contributed by atoms with Gasteiger partial charge in [-0.1, -0.05) is 26.0 Å². The number of fused-ring (bicyclic) bond motifs is 6. The van der Waals surface area contributed by atoms with Crippen LogP contribution in [0.4, 0.5) is 0 Å². The van der Waals surface area contributed by atoms with E-state index in [-0.39, 0.29) is 28.8 Å². The van der Waals surface area contributed by atoms with E-state index in [1.807, 2.05) is 6.08 Å². The van der Waals surface area contributed by atoms with E-state index in [0.29, 0.717) is 42.0 Å². The molecule has 6 aliphatic rings. The van der Waals surface area contributed by atoms with Crippen molar-refractivity contribution in [1.29, 1.82) is 0 Å². The molecule has 0 radical (unpaired) electrons. The average molecular weight is 425 g/mol. The van der Waals surface area contributed by atoms with Crippen molar-refractivity contribution < 1.29 is 23.9 Å². The molecule has 31 heavy (non-hydrogen) atoms. The van der Waals surface area contributed by atoms with Crippen LogP contribution in [-0.2, 0) is 23.9 Å². The second-order valence-corrected chi connectivity index (χ2v) is 11.5. The Morgan fingerprint density at radius 2 is 1.90 bits per heavy atom. The van der Waals surface area contributed by atoms with Crippen LogP contribution in [0.5, 0.6) is 0 Å². The maximum Gasteiger partial charge on any atom is 0.349 e. The number of carbonyl (C=O) groups excluding carboxylic acids is 3. The highest BCUT2D eigenvalue weighted by atomic mass is 16.7. The Kier molecular flexibility index (Phi) is 3.97. The van der Waals surface area contributed by atoms with Crippen LogP contribution in [0.1, 0.15) is 71.6 Å². The van der Waals surface area contributed by atoms with Crippen molar-refractivity contribution >= 4 is 17.5 Å². The van der Waals surface area contributed by atoms with Gasteiger partial charge in [-0.25, -0.2) is 4.79 Å². The third-order valence-corrected chi connectivity index (χ3v) is 10.2. The zero-order chi connectivity index (χ0) is 21.8. The molecule has 0 spiro atoms. The first-order valence-corrected chi connectivity index (χ1v) is 12.1. The van der Waals surface area contributed by atoms with E-state index < -0.39 is 11.6 Å². The van der Waals surface area contributed by atoms with E-state index in [2.05, 4.69) is 20.4 Å². The standard InChI is InChI=1S/C26H32O5/c1-14-12-21-26(31-21,22(14)28)23(29)30-20-7-6-18-17-5-4-15-13-16(27)8-10-24(15,2)19(17)9-11-25(18,20)3/h13,17-21H,1,4-12H2,2-3H3/t17-,18?,19?,20-,21?,24-,25-,26?/m0/s1. The summed E-state index contributed by atoms with van der Waals surface area (Å²) < 4.78 is 11.6. The second kappa shape index (κ2) is 6.18. The molecule has 5 nitrogen and oxygen atoms in total. The topological polar surface area (TPSA) is 73.0 Å². The maximum absolute atomic E-state index is 13.0. The predicted molar refractivity (Wildman–Crippen MR) is 113 cm³/mol. The lowest BCUT2D eigenvalue weighted by molar-refractivity contribution is -0.167. The molecule has 5 heteroatoms. The quantitative estimate of drug-likeness (QED) is 0.289. The highest BCUT2D eigenvalue weighted by Gasteiger charge is 2.74. The number of ether oxygens (including phenoxy) is 2. The van der Waals surface area contributed by atoms with Crippen LogP contribution in [0.3, 0.4) is 0 Å². The fourth-order valence-electron chi connectivity index (χ4n) is 8.35. The Morgan fingerprint density at radius 3 is 2.65 bits per heavy atom. The van der Waals surface area contributed by atoms with Crippen molar-refractivity contribution in [2.24, 2.45) is 28.6 Å². The zero-order valence-corrected chi connectivity index (χ0v) is 18.6. The van der Waals surface area contributed by atoms with E-state index in [4.69, 9.17) is 9.47 Å². The van der Waals surface area contributed by atoms with Crippen LogP contribution in [0.2, 0.25) is 0 Å². The molecule has 8 atom stereocenters. The number of epoxide rings is 1. The maximum atomic E-state index is 13.0. The smallest absolute Gasteiger partial charge is 0.349 e. The SMILES string of the molecule is C=C1CC2OC2(C(=O)O[C@H]2CCC3[C@@H]4CCC5=CC(=O)CC[C@]5(C)C4CC[C@@]32C)C1=O. The molecule has 0 aromatic heterocycles. The highest BCUT2D eigenvalue weighted by molar-refractivity contribution is 6.20. The van der Waals surface area contributed by atoms with Crippen LogP contribution >= 0.6 is 0 Å². The van der Waals surface area contributed by atoms with Crippen LogP contribution in [0.25, 0.3) is 0 Å². The van der Waals surface area contributed by atoms with Gasteiger partial charge >= 0.3 is 5.97 Å². The molecule has 4 saturated carbocycles. The highest BCUT2D eigenvalue weighted by Crippen LogP contribution is 2.66. The monoisotopic (exact) mass is 424 g/mol. The Morgan fingerprint density at radius 1 is 1.10 bits per heavy atom. The first-order chi connectivity index (χ1) is 14.7. The summed E-state index contributed by atoms with van der Waals surface area (Å²) in [7, 11) is 0. The molecular weight excluding hydrogens is 392 g/mol. The lowest BCUT2D eigenvalue weighted by Gasteiger charge is -2.57. The lowest BCUT2D eigenvalue weighted by atomic mass is 9.47. The van der Waals surface area contributed by atoms with E-state index in [1.165, 1.54) is 5.57 Å². The molecule has 1 saturated heterocycles. The predicted octanol–water partition coefficient (Wildman–Crippen LogP) is 4.10. The van der Waals surface area contributed by atoms with Crippen molar-refractivity contribution in [3.63, 3.8) is 0 Å². The van der Waals surface area contributed by atoms with Gasteiger partial charge in [0.25, 0.3) is 5.60 Å². The summed E-state index contributed by atoms with van der Waals surface area (Å²) >= 11 is 0. The minimum atomic E-state index is -1.38. The van der Waals surface area contributed by atoms with Gasteiger partial charge in [-0.15, -0.1) is 0 Å². The number of rotatable bonds is 2. The number of allylic oxidation sites excluding steroid dienone is 1. The average Bonchev–Trinajstić information content (AvgIpc) is 3.28. The molecule has 0 bridgehead atoms. The van der Waals surface area contributed by atoms with E-state index in [0.717, 1.165) is 44.9 Å². The van der Waals surface area contributed by atoms with Gasteiger partial charge in [0.1, 0.15) is 12.2 Å². The largest absolute Gasteiger partial charge is 0.459 e. The van der Waals surface area contributed by atoms with E-state index in [9.17, 15) is 14.4 Å². The fraction of sp³-hybridized carbons (Fsp3) is 0.731. The Hall–Kier alpha value is -1.75. The molecule has 4 unspecified atom stereocenters. The molecule has 1 heterocycles. The van der Waals surface area contributed by atoms with Gasteiger partial charge in [-0.3, -0.25) is 9.59 Å². The molecule has 166 valence electrons. The van der Waals surface area contributed by atoms with Crippen molar-refractivity contribution in [2.75, 3.05) is 0 Å². The number of hydrogen-bond acceptors (Lipinski definition) is 5. The summed E-state index contributed by atoms with van der Waals surface area (Å²) in [5.74, 6) is 1.29. The molecule has 5 aliphatic carbocycles. The van der Waals surface area contributed by atoms with Crippen molar-refractivity contribution in [3.05, 3.63) is 23.8 Å². The summed E-state index contributed by atoms with van der Waals surface area (Å²) in [4.78, 5) is 37.5. The first kappa shape index (κ1) is 19.9. The van der Waals surface area contributed by atoms with Crippen molar-refractivity contribution in [2.45, 2.75) is 89.4 Å². The summed E-state index contributed by atoms with van der Waals surface area (Å²) in [6.07, 6.45) is 9.78. The van der Waals surface area contributed by atoms with Gasteiger partial charge in [0.05, 0.1) is 0 Å². The molecule has 0 amide bonds. The number of esters is 1. The van der Waals surface area contributed by atoms with Gasteiger partial charge in [-0.05, 0) is 79.8 Å². The number of Topliss-reactive ketones (excluding diaryl/α,β-unsaturated/α-hetero) is 1. The Balaban J connectivity index is 1.22. The summed E-state index contributed by atoms with van der Waals surface area (Å²) in [5, 5.41) is 0. The Labute approximate surface area is 183 Å². The summed E-state index contributed by atoms with van der Waals surface area (Å²) in [6, 6.07) is 0. The zero-order valence-electron chi connectivity index (χ0n) is 18.6. The summed E-state index contributed by atoms with van der Waals surface area (Å²) in [5.41, 5.74) is 0.589. The summed E-state index contributed by atoms with van der Waals surface area (Å²) in [6.45, 7) is 8.47. The molecule has 1 aliphatic heterocycles. The minimum Gasteiger partial charge on any atom is -0.459 e. The van der Waals surface area contributed by atoms with Gasteiger partial charge in [-0.2, -0.15) is 0 Å². The number of hydrogen-bond donors (Lipinski definition) is 0. The third kappa shape index (κ3) is 2.44. The molecule has 6 rings (SSSR count). The molecule has 5 fully saturated rings. The molecule has 0 N–H and O–H groups in total. The second-order valence-electron chi connectivity index (χ2n) is 11.5. The fourth-order valence-corrected chi connectivity index (χ4v) is 8.35. The van der Waals surface area contributed by atoms with Crippen molar-refractivity contribution in [1.82, 2.24) is 0 Å². The molecule has 0 aromatic rings. The number of carbonyl (C=O) groups is 3. The lowest BCUT2D eigenvalue weighted by Crippen LogP contribution is -2.52. The van der Waals surface area contributed by atoms with Gasteiger partial charge in [0.15, 0.2) is 5.78 Å². The first-order valence-electron chi connectivity index (χ1n) is 12.1. The van der Waals surface area contributed by atoms with E-state index in [1.54, 1.807) is 0 Å². The van der Waals surface area contributed by atoms with Gasteiger partial charge in [0, 0.05) is 18.3 Å². The normalized spacial score (nSPS) is 50.2. The van der Waals surface area contributed by atoms with Gasteiger partial charge < -0.3 is 9.47 Å². The van der Waals surface area contributed by atoms with Gasteiger partial charge in [0.2, 0.25) is 5.78 Å². The minimum absolute atomic E-state index is 0.0431. The molecule has 0 aromatic carbocycles. The van der Waals surface area contributed by atoms with Crippen molar-refractivity contribution in [3.8, 4) is 0 Å². The van der Waals surface area contributed by atoms with Crippen LogP contribution in [0.15, 0.2) is 23.8 Å². The third-order valence-electron chi connectivity index (χ3n) is 10.2. The Bertz CT molecular complexity index is 947. The van der Waals surface area contributed by atoms with Crippen LogP contribution in [0, 0.1) is 28.6 Å². The number of ketones is 2. The molecular formula is C26H32O5. The van der Waals surface area contributed by atoms with Crippen LogP contribution in [-0.4, -0.2) is 35.3 Å². The van der Waals surface area contributed by atoms with Crippen LogP contribution < -0.4 is 0 Å².